The van der Waals surface area contributed by atoms with Gasteiger partial charge >= 0.3 is 0 Å². The molecule has 0 radical (unpaired) electrons. The molecule has 0 unspecified atom stereocenters. The maximum absolute atomic E-state index is 11.9. The Kier molecular flexibility index (Phi) is 7.59. The van der Waals surface area contributed by atoms with Crippen LogP contribution in [0.2, 0.25) is 5.02 Å². The van der Waals surface area contributed by atoms with Crippen molar-refractivity contribution in [2.24, 2.45) is 0 Å². The first kappa shape index (κ1) is 28.4. The minimum atomic E-state index is -1.25. The molecule has 11 nitrogen and oxygen atoms in total. The van der Waals surface area contributed by atoms with Crippen molar-refractivity contribution in [1.29, 1.82) is 0 Å². The third-order valence-electron chi connectivity index (χ3n) is 7.30. The van der Waals surface area contributed by atoms with E-state index < -0.39 is 5.60 Å². The number of benzene rings is 2. The first-order valence-electron chi connectivity index (χ1n) is 13.8. The van der Waals surface area contributed by atoms with Crippen molar-refractivity contribution in [2.45, 2.75) is 38.4 Å². The molecule has 1 amide bonds. The second kappa shape index (κ2) is 11.5. The SMILES string of the molecule is C=CC(=O)N1CCC(Oc2ccc3ncnc(Nc4cc(Cl)c(Oc5ccn6ncnc6c5)cc4C(C)(C)O)c3c2)CC1. The molecule has 4 heterocycles. The maximum atomic E-state index is 11.9. The number of amides is 1. The average Bonchev–Trinajstić information content (AvgIpc) is 3.46. The summed E-state index contributed by atoms with van der Waals surface area (Å²) < 4.78 is 14.0. The minimum Gasteiger partial charge on any atom is -0.490 e. The van der Waals surface area contributed by atoms with Gasteiger partial charge in [-0.2, -0.15) is 5.10 Å². The van der Waals surface area contributed by atoms with Crippen LogP contribution in [0.25, 0.3) is 16.6 Å². The monoisotopic (exact) mass is 599 g/mol. The highest BCUT2D eigenvalue weighted by Crippen LogP contribution is 2.40. The number of anilines is 2. The maximum Gasteiger partial charge on any atom is 0.245 e. The van der Waals surface area contributed by atoms with Gasteiger partial charge < -0.3 is 24.8 Å². The zero-order valence-electron chi connectivity index (χ0n) is 23.7. The van der Waals surface area contributed by atoms with Crippen molar-refractivity contribution in [1.82, 2.24) is 29.5 Å². The van der Waals surface area contributed by atoms with E-state index in [0.29, 0.717) is 58.1 Å². The highest BCUT2D eigenvalue weighted by molar-refractivity contribution is 6.32. The standard InChI is InChI=1S/C31H30ClN7O4/c1-4-29(40)38-10-7-19(8-11-38)42-20-5-6-25-22(13-20)30(35-17-33-25)37-26-16-24(32)27(15-23(26)31(2,3)41)43-21-9-12-39-28(14-21)34-18-36-39/h4-6,9,12-19,41H,1,7-8,10-11H2,2-3H3,(H,33,35,37). The van der Waals surface area contributed by atoms with Gasteiger partial charge in [-0.15, -0.1) is 0 Å². The van der Waals surface area contributed by atoms with Gasteiger partial charge in [0.1, 0.15) is 41.8 Å². The van der Waals surface area contributed by atoms with Crippen LogP contribution in [0, 0.1) is 0 Å². The van der Waals surface area contributed by atoms with Crippen LogP contribution in [-0.4, -0.2) is 59.7 Å². The number of carbonyl (C=O) groups excluding carboxylic acids is 1. The van der Waals surface area contributed by atoms with Gasteiger partial charge in [-0.25, -0.2) is 19.5 Å². The summed E-state index contributed by atoms with van der Waals surface area (Å²) in [5.41, 5.74) is 1.21. The van der Waals surface area contributed by atoms with Crippen LogP contribution in [0.1, 0.15) is 32.3 Å². The van der Waals surface area contributed by atoms with Crippen LogP contribution in [0.15, 0.2) is 74.0 Å². The highest BCUT2D eigenvalue weighted by Gasteiger charge is 2.25. The predicted octanol–water partition coefficient (Wildman–Crippen LogP) is 5.65. The van der Waals surface area contributed by atoms with Crippen molar-refractivity contribution in [3.63, 3.8) is 0 Å². The number of rotatable bonds is 8. The van der Waals surface area contributed by atoms with Crippen molar-refractivity contribution < 1.29 is 19.4 Å². The number of hydrogen-bond acceptors (Lipinski definition) is 9. The lowest BCUT2D eigenvalue weighted by atomic mass is 9.96. The van der Waals surface area contributed by atoms with Crippen molar-refractivity contribution in [3.8, 4) is 17.2 Å². The quantitative estimate of drug-likeness (QED) is 0.218. The molecule has 1 aliphatic heterocycles. The Morgan fingerprint density at radius 3 is 2.67 bits per heavy atom. The summed E-state index contributed by atoms with van der Waals surface area (Å²) in [5, 5.41) is 19.6. The molecule has 6 rings (SSSR count). The lowest BCUT2D eigenvalue weighted by Crippen LogP contribution is -2.41. The van der Waals surface area contributed by atoms with E-state index in [1.165, 1.54) is 18.7 Å². The summed E-state index contributed by atoms with van der Waals surface area (Å²) in [6.07, 6.45) is 7.44. The van der Waals surface area contributed by atoms with Crippen LogP contribution >= 0.6 is 11.6 Å². The van der Waals surface area contributed by atoms with E-state index in [-0.39, 0.29) is 12.0 Å². The molecule has 0 aliphatic carbocycles. The lowest BCUT2D eigenvalue weighted by molar-refractivity contribution is -0.127. The zero-order chi connectivity index (χ0) is 30.1. The summed E-state index contributed by atoms with van der Waals surface area (Å²) in [6, 6.07) is 12.6. The van der Waals surface area contributed by atoms with Crippen molar-refractivity contribution >= 4 is 45.6 Å². The number of halogens is 1. The largest absolute Gasteiger partial charge is 0.490 e. The molecule has 5 aromatic rings. The number of piperidine rings is 1. The number of fused-ring (bicyclic) bond motifs is 2. The summed E-state index contributed by atoms with van der Waals surface area (Å²) in [7, 11) is 0. The number of carbonyl (C=O) groups is 1. The summed E-state index contributed by atoms with van der Waals surface area (Å²) in [6.45, 7) is 8.18. The fourth-order valence-corrected chi connectivity index (χ4v) is 5.28. The molecule has 1 aliphatic rings. The molecule has 3 aromatic heterocycles. The minimum absolute atomic E-state index is 0.0223. The van der Waals surface area contributed by atoms with E-state index >= 15 is 0 Å². The van der Waals surface area contributed by atoms with E-state index in [9.17, 15) is 9.90 Å². The number of nitrogens with one attached hydrogen (secondary N) is 1. The fourth-order valence-electron chi connectivity index (χ4n) is 5.08. The Bertz CT molecular complexity index is 1830. The van der Waals surface area contributed by atoms with E-state index in [4.69, 9.17) is 21.1 Å². The second-order valence-corrected chi connectivity index (χ2v) is 11.2. The molecule has 1 fully saturated rings. The summed E-state index contributed by atoms with van der Waals surface area (Å²) in [4.78, 5) is 26.8. The molecular formula is C31H30ClN7O4. The zero-order valence-corrected chi connectivity index (χ0v) is 24.5. The third-order valence-corrected chi connectivity index (χ3v) is 7.60. The van der Waals surface area contributed by atoms with Crippen molar-refractivity contribution in [2.75, 3.05) is 18.4 Å². The Labute approximate surface area is 252 Å². The Morgan fingerprint density at radius 1 is 1.09 bits per heavy atom. The average molecular weight is 600 g/mol. The smallest absolute Gasteiger partial charge is 0.245 e. The van der Waals surface area contributed by atoms with Gasteiger partial charge in [-0.3, -0.25) is 4.79 Å². The van der Waals surface area contributed by atoms with Crippen LogP contribution < -0.4 is 14.8 Å². The van der Waals surface area contributed by atoms with Gasteiger partial charge in [-0.1, -0.05) is 18.2 Å². The molecule has 220 valence electrons. The van der Waals surface area contributed by atoms with E-state index in [1.54, 1.807) is 53.7 Å². The molecule has 0 spiro atoms. The molecule has 0 bridgehead atoms. The number of aliphatic hydroxyl groups is 1. The molecule has 1 saturated heterocycles. The number of aromatic nitrogens is 5. The second-order valence-electron chi connectivity index (χ2n) is 10.8. The number of hydrogen-bond donors (Lipinski definition) is 2. The Morgan fingerprint density at radius 2 is 1.91 bits per heavy atom. The number of ether oxygens (including phenoxy) is 2. The van der Waals surface area contributed by atoms with Crippen LogP contribution in [0.5, 0.6) is 17.2 Å². The van der Waals surface area contributed by atoms with Gasteiger partial charge in [0, 0.05) is 54.8 Å². The highest BCUT2D eigenvalue weighted by atomic mass is 35.5. The van der Waals surface area contributed by atoms with Crippen molar-refractivity contribution in [3.05, 3.63) is 84.6 Å². The molecule has 43 heavy (non-hydrogen) atoms. The van der Waals surface area contributed by atoms with Gasteiger partial charge in [0.2, 0.25) is 5.91 Å². The molecular weight excluding hydrogens is 570 g/mol. The molecule has 2 aromatic carbocycles. The summed E-state index contributed by atoms with van der Waals surface area (Å²) >= 11 is 6.69. The number of nitrogens with zero attached hydrogens (tertiary/aromatic N) is 6. The van der Waals surface area contributed by atoms with Crippen LogP contribution in [0.4, 0.5) is 11.5 Å². The van der Waals surface area contributed by atoms with Crippen LogP contribution in [-0.2, 0) is 10.4 Å². The Hall–Kier alpha value is -4.74. The third kappa shape index (κ3) is 6.08. The first-order chi connectivity index (χ1) is 20.7. The predicted molar refractivity (Wildman–Crippen MR) is 163 cm³/mol. The molecule has 0 saturated carbocycles. The van der Waals surface area contributed by atoms with E-state index in [1.807, 2.05) is 18.2 Å². The lowest BCUT2D eigenvalue weighted by Gasteiger charge is -2.31. The number of pyridine rings is 1. The molecule has 12 heteroatoms. The molecule has 0 atom stereocenters. The Balaban J connectivity index is 1.27. The van der Waals surface area contributed by atoms with Gasteiger partial charge in [-0.05, 0) is 56.3 Å². The fraction of sp³-hybridized carbons (Fsp3) is 0.258. The molecule has 2 N–H and O–H groups in total. The van der Waals surface area contributed by atoms with E-state index in [0.717, 1.165) is 23.7 Å². The number of likely N-dealkylation sites (tertiary alicyclic amines) is 1. The van der Waals surface area contributed by atoms with Crippen LogP contribution in [0.3, 0.4) is 0 Å². The summed E-state index contributed by atoms with van der Waals surface area (Å²) in [5.74, 6) is 2.03. The van der Waals surface area contributed by atoms with Gasteiger partial charge in [0.25, 0.3) is 0 Å². The topological polar surface area (TPSA) is 127 Å². The van der Waals surface area contributed by atoms with E-state index in [2.05, 4.69) is 31.9 Å². The van der Waals surface area contributed by atoms with Gasteiger partial charge in [0.15, 0.2) is 5.65 Å². The van der Waals surface area contributed by atoms with Gasteiger partial charge in [0.05, 0.1) is 16.1 Å². The first-order valence-corrected chi connectivity index (χ1v) is 14.2. The normalized spacial score (nSPS) is 14.2.